The third kappa shape index (κ3) is 14.4. The fourth-order valence-corrected chi connectivity index (χ4v) is 6.09. The SMILES string of the molecule is C/C=C/CCc1ccc(-c2ccc(C)cc2)cc1.C=CCCc1ccc(-c2ccc(C)cc2)cc1.CCCCCc1ccc(-c2ccc(C)cc2)cc1. The fourth-order valence-electron chi connectivity index (χ4n) is 6.09. The molecule has 6 aromatic rings. The number of rotatable bonds is 13. The van der Waals surface area contributed by atoms with Gasteiger partial charge in [0, 0.05) is 0 Å². The van der Waals surface area contributed by atoms with E-state index in [9.17, 15) is 0 Å². The van der Waals surface area contributed by atoms with Gasteiger partial charge in [-0.1, -0.05) is 200 Å². The Morgan fingerprint density at radius 3 is 1.00 bits per heavy atom. The van der Waals surface area contributed by atoms with Crippen LogP contribution in [0.4, 0.5) is 0 Å². The minimum Gasteiger partial charge on any atom is -0.103 e. The summed E-state index contributed by atoms with van der Waals surface area (Å²) in [6, 6.07) is 52.8. The number of hydrogen-bond acceptors (Lipinski definition) is 0. The predicted octanol–water partition coefficient (Wildman–Crippen LogP) is 15.3. The lowest BCUT2D eigenvalue weighted by Gasteiger charge is -2.05. The van der Waals surface area contributed by atoms with Crippen molar-refractivity contribution in [3.8, 4) is 33.4 Å². The largest absolute Gasteiger partial charge is 0.103 e. The van der Waals surface area contributed by atoms with Crippen LogP contribution in [0.2, 0.25) is 0 Å². The zero-order valence-corrected chi connectivity index (χ0v) is 33.0. The van der Waals surface area contributed by atoms with E-state index >= 15 is 0 Å². The van der Waals surface area contributed by atoms with Gasteiger partial charge in [-0.2, -0.15) is 0 Å². The summed E-state index contributed by atoms with van der Waals surface area (Å²) in [5, 5.41) is 0. The van der Waals surface area contributed by atoms with Gasteiger partial charge in [0.05, 0.1) is 0 Å². The summed E-state index contributed by atoms with van der Waals surface area (Å²) >= 11 is 0. The normalized spacial score (nSPS) is 10.6. The Labute approximate surface area is 322 Å². The number of hydrogen-bond donors (Lipinski definition) is 0. The van der Waals surface area contributed by atoms with E-state index in [1.54, 1.807) is 0 Å². The molecular formula is C53H60. The average Bonchev–Trinajstić information content (AvgIpc) is 3.20. The van der Waals surface area contributed by atoms with Gasteiger partial charge in [-0.3, -0.25) is 0 Å². The van der Waals surface area contributed by atoms with Crippen molar-refractivity contribution in [1.29, 1.82) is 0 Å². The van der Waals surface area contributed by atoms with Gasteiger partial charge in [0.15, 0.2) is 0 Å². The molecule has 0 fully saturated rings. The van der Waals surface area contributed by atoms with Gasteiger partial charge in [0.2, 0.25) is 0 Å². The zero-order chi connectivity index (χ0) is 37.7. The third-order valence-electron chi connectivity index (χ3n) is 9.56. The smallest absolute Gasteiger partial charge is 0.0184 e. The van der Waals surface area contributed by atoms with E-state index in [2.05, 4.69) is 199 Å². The highest BCUT2D eigenvalue weighted by Crippen LogP contribution is 2.23. The molecule has 0 heterocycles. The summed E-state index contributed by atoms with van der Waals surface area (Å²) in [7, 11) is 0. The van der Waals surface area contributed by atoms with Crippen molar-refractivity contribution in [3.63, 3.8) is 0 Å². The molecule has 0 saturated carbocycles. The molecule has 53 heavy (non-hydrogen) atoms. The molecule has 0 heteroatoms. The zero-order valence-electron chi connectivity index (χ0n) is 33.0. The van der Waals surface area contributed by atoms with Gasteiger partial charge in [-0.25, -0.2) is 0 Å². The van der Waals surface area contributed by atoms with Crippen molar-refractivity contribution in [2.24, 2.45) is 0 Å². The maximum absolute atomic E-state index is 3.75. The molecule has 0 bridgehead atoms. The number of allylic oxidation sites excluding steroid dienone is 3. The van der Waals surface area contributed by atoms with Crippen LogP contribution in [0.15, 0.2) is 170 Å². The molecule has 0 atom stereocenters. The van der Waals surface area contributed by atoms with E-state index in [0.717, 1.165) is 25.7 Å². The van der Waals surface area contributed by atoms with Gasteiger partial charge in [0.1, 0.15) is 0 Å². The standard InChI is InChI=1S/C18H22.C18H20.C17H18/c2*1-3-4-5-6-16-9-13-18(14-10-16)17-11-7-15(2)8-12-17;1-3-4-5-15-8-12-17(13-9-15)16-10-6-14(2)7-11-16/h7-14H,3-6H2,1-2H3;3-4,7-14H,5-6H2,1-2H3;3,6-13H,1,4-5H2,2H3/b;4-3+;. The van der Waals surface area contributed by atoms with E-state index in [1.807, 2.05) is 6.08 Å². The Morgan fingerprint density at radius 2 is 0.698 bits per heavy atom. The quantitative estimate of drug-likeness (QED) is 0.0833. The highest BCUT2D eigenvalue weighted by atomic mass is 14.1. The lowest BCUT2D eigenvalue weighted by molar-refractivity contribution is 0.717. The van der Waals surface area contributed by atoms with Gasteiger partial charge in [0.25, 0.3) is 0 Å². The van der Waals surface area contributed by atoms with Crippen LogP contribution in [0.5, 0.6) is 0 Å². The molecule has 0 aliphatic heterocycles. The van der Waals surface area contributed by atoms with E-state index in [4.69, 9.17) is 0 Å². The molecule has 0 radical (unpaired) electrons. The van der Waals surface area contributed by atoms with E-state index in [1.165, 1.54) is 92.4 Å². The minimum absolute atomic E-state index is 1.05. The summed E-state index contributed by atoms with van der Waals surface area (Å²) in [6.07, 6.45) is 15.8. The lowest BCUT2D eigenvalue weighted by atomic mass is 10.0. The van der Waals surface area contributed by atoms with Crippen molar-refractivity contribution in [3.05, 3.63) is 204 Å². The average molecular weight is 697 g/mol. The van der Waals surface area contributed by atoms with Gasteiger partial charge < -0.3 is 0 Å². The maximum atomic E-state index is 3.75. The Morgan fingerprint density at radius 1 is 0.396 bits per heavy atom. The van der Waals surface area contributed by atoms with Crippen LogP contribution in [-0.2, 0) is 19.3 Å². The first-order valence-electron chi connectivity index (χ1n) is 19.6. The molecule has 0 saturated heterocycles. The molecule has 0 nitrogen and oxygen atoms in total. The van der Waals surface area contributed by atoms with Crippen molar-refractivity contribution >= 4 is 0 Å². The summed E-state index contributed by atoms with van der Waals surface area (Å²) < 4.78 is 0. The maximum Gasteiger partial charge on any atom is -0.0184 e. The van der Waals surface area contributed by atoms with Gasteiger partial charge >= 0.3 is 0 Å². The Balaban J connectivity index is 0.000000178. The Hall–Kier alpha value is -5.20. The van der Waals surface area contributed by atoms with Crippen LogP contribution in [0.3, 0.4) is 0 Å². The molecule has 0 spiro atoms. The summed E-state index contributed by atoms with van der Waals surface area (Å²) in [5.74, 6) is 0. The summed E-state index contributed by atoms with van der Waals surface area (Å²) in [5.41, 5.74) is 15.9. The third-order valence-corrected chi connectivity index (χ3v) is 9.56. The molecular weight excluding hydrogens is 637 g/mol. The van der Waals surface area contributed by atoms with E-state index in [0.29, 0.717) is 0 Å². The van der Waals surface area contributed by atoms with E-state index in [-0.39, 0.29) is 0 Å². The van der Waals surface area contributed by atoms with Crippen molar-refractivity contribution in [2.45, 2.75) is 86.0 Å². The first-order valence-corrected chi connectivity index (χ1v) is 19.6. The van der Waals surface area contributed by atoms with Crippen LogP contribution in [0, 0.1) is 20.8 Å². The minimum atomic E-state index is 1.05. The van der Waals surface area contributed by atoms with Gasteiger partial charge in [-0.15, -0.1) is 6.58 Å². The molecule has 272 valence electrons. The van der Waals surface area contributed by atoms with Crippen LogP contribution in [-0.4, -0.2) is 0 Å². The molecule has 0 unspecified atom stereocenters. The highest BCUT2D eigenvalue weighted by molar-refractivity contribution is 5.65. The monoisotopic (exact) mass is 696 g/mol. The molecule has 0 aliphatic rings. The first kappa shape index (κ1) is 40.6. The molecule has 0 aliphatic carbocycles. The summed E-state index contributed by atoms with van der Waals surface area (Å²) in [6.45, 7) is 14.4. The second-order valence-corrected chi connectivity index (χ2v) is 14.1. The second-order valence-electron chi connectivity index (χ2n) is 14.1. The van der Waals surface area contributed by atoms with Crippen LogP contribution < -0.4 is 0 Å². The number of unbranched alkanes of at least 4 members (excludes halogenated alkanes) is 2. The molecule has 6 rings (SSSR count). The molecule has 0 N–H and O–H groups in total. The highest BCUT2D eigenvalue weighted by Gasteiger charge is 2.00. The Bertz CT molecular complexity index is 1900. The van der Waals surface area contributed by atoms with Crippen LogP contribution in [0.1, 0.15) is 79.3 Å². The number of benzene rings is 6. The summed E-state index contributed by atoms with van der Waals surface area (Å²) in [4.78, 5) is 0. The van der Waals surface area contributed by atoms with Crippen molar-refractivity contribution in [2.75, 3.05) is 0 Å². The van der Waals surface area contributed by atoms with Crippen LogP contribution >= 0.6 is 0 Å². The molecule has 6 aromatic carbocycles. The second kappa shape index (κ2) is 22.7. The van der Waals surface area contributed by atoms with Crippen molar-refractivity contribution < 1.29 is 0 Å². The predicted molar refractivity (Wildman–Crippen MR) is 235 cm³/mol. The first-order chi connectivity index (χ1) is 25.9. The Kier molecular flexibility index (Phi) is 17.4. The van der Waals surface area contributed by atoms with Crippen LogP contribution in [0.25, 0.3) is 33.4 Å². The van der Waals surface area contributed by atoms with E-state index < -0.39 is 0 Å². The van der Waals surface area contributed by atoms with Gasteiger partial charge in [-0.05, 0) is 116 Å². The van der Waals surface area contributed by atoms with Crippen molar-refractivity contribution in [1.82, 2.24) is 0 Å². The fraction of sp³-hybridized carbons (Fsp3) is 0.245. The number of aryl methyl sites for hydroxylation is 6. The molecule has 0 aromatic heterocycles. The lowest BCUT2D eigenvalue weighted by Crippen LogP contribution is -1.86. The molecule has 0 amide bonds. The topological polar surface area (TPSA) is 0 Å².